The molecule has 1 heterocycles. The van der Waals surface area contributed by atoms with Crippen LogP contribution in [0.5, 0.6) is 5.75 Å². The van der Waals surface area contributed by atoms with E-state index in [1.54, 1.807) is 11.3 Å². The maximum absolute atomic E-state index is 9.81. The quantitative estimate of drug-likeness (QED) is 0.932. The van der Waals surface area contributed by atoms with Crippen molar-refractivity contribution in [2.45, 2.75) is 51.7 Å². The number of hydrogen-bond donors (Lipinski definition) is 1. The molecule has 1 N–H and O–H groups in total. The summed E-state index contributed by atoms with van der Waals surface area (Å²) in [5, 5.41) is 12.9. The lowest BCUT2D eigenvalue weighted by Gasteiger charge is -2.14. The van der Waals surface area contributed by atoms with E-state index in [4.69, 9.17) is 4.74 Å². The first-order valence-electron chi connectivity index (χ1n) is 7.32. The minimum absolute atomic E-state index is 0.0818. The van der Waals surface area contributed by atoms with E-state index in [2.05, 4.69) is 31.1 Å². The van der Waals surface area contributed by atoms with Gasteiger partial charge in [0.2, 0.25) is 0 Å². The summed E-state index contributed by atoms with van der Waals surface area (Å²) in [6.45, 7) is 7.00. The molecule has 1 atom stereocenters. The molecule has 0 spiro atoms. The number of ether oxygens (including phenoxy) is 1. The summed E-state index contributed by atoms with van der Waals surface area (Å²) in [7, 11) is 0. The second kappa shape index (κ2) is 5.43. The predicted octanol–water partition coefficient (Wildman–Crippen LogP) is 4.00. The Bertz CT molecular complexity index is 642. The normalized spacial score (nSPS) is 17.8. The number of hydrogen-bond acceptors (Lipinski definition) is 4. The van der Waals surface area contributed by atoms with Crippen molar-refractivity contribution in [3.8, 4) is 5.75 Å². The van der Waals surface area contributed by atoms with Crippen molar-refractivity contribution in [3.63, 3.8) is 0 Å². The number of benzene rings is 1. The molecule has 1 aliphatic rings. The first-order valence-corrected chi connectivity index (χ1v) is 8.20. The van der Waals surface area contributed by atoms with E-state index < -0.39 is 0 Å². The average molecular weight is 303 g/mol. The lowest BCUT2D eigenvalue weighted by atomic mass is 9.93. The van der Waals surface area contributed by atoms with Gasteiger partial charge in [-0.3, -0.25) is 0 Å². The Morgan fingerprint density at radius 3 is 2.90 bits per heavy atom. The van der Waals surface area contributed by atoms with Crippen LogP contribution in [0.15, 0.2) is 23.6 Å². The van der Waals surface area contributed by atoms with Crippen LogP contribution in [0, 0.1) is 0 Å². The minimum atomic E-state index is -0.303. The van der Waals surface area contributed by atoms with E-state index >= 15 is 0 Å². The van der Waals surface area contributed by atoms with Gasteiger partial charge in [-0.05, 0) is 36.1 Å². The third kappa shape index (κ3) is 3.11. The first kappa shape index (κ1) is 14.5. The van der Waals surface area contributed by atoms with Crippen LogP contribution in [-0.4, -0.2) is 10.1 Å². The van der Waals surface area contributed by atoms with Crippen LogP contribution in [0.25, 0.3) is 0 Å². The number of rotatable bonds is 3. The zero-order valence-corrected chi connectivity index (χ0v) is 13.5. The Balaban J connectivity index is 1.67. The SMILES string of the molecule is CC(C)(C)c1csc(COc2ccc3c(c2)CCC3O)n1. The van der Waals surface area contributed by atoms with Crippen molar-refractivity contribution >= 4 is 11.3 Å². The Morgan fingerprint density at radius 2 is 2.19 bits per heavy atom. The highest BCUT2D eigenvalue weighted by molar-refractivity contribution is 7.09. The summed E-state index contributed by atoms with van der Waals surface area (Å²) in [6.07, 6.45) is 1.45. The molecule has 0 saturated carbocycles. The van der Waals surface area contributed by atoms with Crippen LogP contribution in [0.4, 0.5) is 0 Å². The van der Waals surface area contributed by atoms with Crippen molar-refractivity contribution in [2.24, 2.45) is 0 Å². The molecule has 1 aromatic carbocycles. The molecule has 1 aromatic heterocycles. The monoisotopic (exact) mass is 303 g/mol. The molecule has 0 fully saturated rings. The van der Waals surface area contributed by atoms with Crippen molar-refractivity contribution in [2.75, 3.05) is 0 Å². The van der Waals surface area contributed by atoms with Gasteiger partial charge in [0.15, 0.2) is 0 Å². The number of aryl methyl sites for hydroxylation is 1. The maximum atomic E-state index is 9.81. The molecular weight excluding hydrogens is 282 g/mol. The van der Waals surface area contributed by atoms with Gasteiger partial charge in [0.05, 0.1) is 11.8 Å². The van der Waals surface area contributed by atoms with E-state index in [1.165, 1.54) is 5.56 Å². The van der Waals surface area contributed by atoms with E-state index in [-0.39, 0.29) is 11.5 Å². The van der Waals surface area contributed by atoms with Gasteiger partial charge in [0.1, 0.15) is 17.4 Å². The molecule has 0 aliphatic heterocycles. The van der Waals surface area contributed by atoms with Gasteiger partial charge in [-0.15, -0.1) is 11.3 Å². The van der Waals surface area contributed by atoms with Crippen LogP contribution in [-0.2, 0) is 18.4 Å². The van der Waals surface area contributed by atoms with Gasteiger partial charge in [0.25, 0.3) is 0 Å². The van der Waals surface area contributed by atoms with Crippen molar-refractivity contribution in [1.29, 1.82) is 0 Å². The fourth-order valence-corrected chi connectivity index (χ4v) is 3.46. The summed E-state index contributed by atoms with van der Waals surface area (Å²) in [4.78, 5) is 4.63. The summed E-state index contributed by atoms with van der Waals surface area (Å²) in [6, 6.07) is 5.96. The fourth-order valence-electron chi connectivity index (χ4n) is 2.53. The summed E-state index contributed by atoms with van der Waals surface area (Å²) in [5.74, 6) is 0.857. The Hall–Kier alpha value is -1.39. The average Bonchev–Trinajstić information content (AvgIpc) is 3.03. The number of aliphatic hydroxyl groups excluding tert-OH is 1. The summed E-state index contributed by atoms with van der Waals surface area (Å²) >= 11 is 1.65. The van der Waals surface area contributed by atoms with Crippen molar-refractivity contribution in [3.05, 3.63) is 45.4 Å². The summed E-state index contributed by atoms with van der Waals surface area (Å²) in [5.41, 5.74) is 3.45. The molecule has 0 amide bonds. The predicted molar refractivity (Wildman–Crippen MR) is 84.9 cm³/mol. The standard InChI is InChI=1S/C17H21NO2S/c1-17(2,3)15-10-21-16(18-15)9-20-12-5-6-13-11(8-12)4-7-14(13)19/h5-6,8,10,14,19H,4,7,9H2,1-3H3. The highest BCUT2D eigenvalue weighted by Gasteiger charge is 2.20. The zero-order valence-electron chi connectivity index (χ0n) is 12.7. The third-order valence-corrected chi connectivity index (χ3v) is 4.67. The number of thiazole rings is 1. The number of aliphatic hydroxyl groups is 1. The molecule has 4 heteroatoms. The van der Waals surface area contributed by atoms with Crippen molar-refractivity contribution in [1.82, 2.24) is 4.98 Å². The molecule has 0 radical (unpaired) electrons. The van der Waals surface area contributed by atoms with E-state index in [9.17, 15) is 5.11 Å². The molecule has 1 aliphatic carbocycles. The number of aromatic nitrogens is 1. The lowest BCUT2D eigenvalue weighted by molar-refractivity contribution is 0.180. The molecule has 112 valence electrons. The fraction of sp³-hybridized carbons (Fsp3) is 0.471. The van der Waals surface area contributed by atoms with E-state index in [1.807, 2.05) is 18.2 Å². The van der Waals surface area contributed by atoms with Gasteiger partial charge in [0, 0.05) is 10.8 Å². The highest BCUT2D eigenvalue weighted by Crippen LogP contribution is 2.33. The molecule has 1 unspecified atom stereocenters. The Kier molecular flexibility index (Phi) is 3.76. The third-order valence-electron chi connectivity index (χ3n) is 3.84. The second-order valence-corrected chi connectivity index (χ2v) is 7.52. The van der Waals surface area contributed by atoms with Gasteiger partial charge in [-0.1, -0.05) is 26.8 Å². The molecule has 0 saturated heterocycles. The molecule has 2 aromatic rings. The first-order chi connectivity index (χ1) is 9.93. The Morgan fingerprint density at radius 1 is 1.38 bits per heavy atom. The topological polar surface area (TPSA) is 42.4 Å². The smallest absolute Gasteiger partial charge is 0.140 e. The highest BCUT2D eigenvalue weighted by atomic mass is 32.1. The molecule has 3 nitrogen and oxygen atoms in total. The van der Waals surface area contributed by atoms with Crippen LogP contribution in [0.1, 0.15) is 55.1 Å². The van der Waals surface area contributed by atoms with Gasteiger partial charge in [-0.2, -0.15) is 0 Å². The van der Waals surface area contributed by atoms with Gasteiger partial charge < -0.3 is 9.84 Å². The molecule has 21 heavy (non-hydrogen) atoms. The zero-order chi connectivity index (χ0) is 15.0. The van der Waals surface area contributed by atoms with E-state index in [0.717, 1.165) is 34.9 Å². The number of fused-ring (bicyclic) bond motifs is 1. The molecular formula is C17H21NO2S. The maximum Gasteiger partial charge on any atom is 0.140 e. The number of nitrogens with zero attached hydrogens (tertiary/aromatic N) is 1. The van der Waals surface area contributed by atoms with Crippen LogP contribution in [0.3, 0.4) is 0 Å². The van der Waals surface area contributed by atoms with Crippen LogP contribution >= 0.6 is 11.3 Å². The van der Waals surface area contributed by atoms with E-state index in [0.29, 0.717) is 6.61 Å². The molecule has 0 bridgehead atoms. The van der Waals surface area contributed by atoms with Gasteiger partial charge in [-0.25, -0.2) is 4.98 Å². The van der Waals surface area contributed by atoms with Crippen LogP contribution < -0.4 is 4.74 Å². The molecule has 3 rings (SSSR count). The van der Waals surface area contributed by atoms with Crippen LogP contribution in [0.2, 0.25) is 0 Å². The largest absolute Gasteiger partial charge is 0.486 e. The summed E-state index contributed by atoms with van der Waals surface area (Å²) < 4.78 is 5.84. The Labute approximate surface area is 129 Å². The minimum Gasteiger partial charge on any atom is -0.486 e. The second-order valence-electron chi connectivity index (χ2n) is 6.58. The van der Waals surface area contributed by atoms with Gasteiger partial charge >= 0.3 is 0 Å². The lowest BCUT2D eigenvalue weighted by Crippen LogP contribution is -2.11. The van der Waals surface area contributed by atoms with Crippen molar-refractivity contribution < 1.29 is 9.84 Å².